The molecule has 1 heterocycles. The molecule has 116 valence electrons. The lowest BCUT2D eigenvalue weighted by molar-refractivity contribution is -0.118. The van der Waals surface area contributed by atoms with Crippen LogP contribution >= 0.6 is 11.3 Å². The average Bonchev–Trinajstić information content (AvgIpc) is 2.85. The molecule has 22 heavy (non-hydrogen) atoms. The Morgan fingerprint density at radius 2 is 1.91 bits per heavy atom. The van der Waals surface area contributed by atoms with E-state index >= 15 is 0 Å². The van der Waals surface area contributed by atoms with E-state index in [9.17, 15) is 14.7 Å². The predicted octanol–water partition coefficient (Wildman–Crippen LogP) is 3.72. The summed E-state index contributed by atoms with van der Waals surface area (Å²) in [5, 5.41) is 12.3. The average molecular weight is 318 g/mol. The summed E-state index contributed by atoms with van der Waals surface area (Å²) in [7, 11) is 0. The van der Waals surface area contributed by atoms with Gasteiger partial charge < -0.3 is 10.4 Å². The van der Waals surface area contributed by atoms with Crippen LogP contribution in [0.4, 0.5) is 5.13 Å². The molecular formula is C16H18N2O3S. The number of nitrogens with one attached hydrogen (secondary N) is 1. The summed E-state index contributed by atoms with van der Waals surface area (Å²) in [6, 6.07) is 5.69. The number of benzene rings is 1. The zero-order valence-electron chi connectivity index (χ0n) is 12.9. The van der Waals surface area contributed by atoms with Crippen molar-refractivity contribution in [2.45, 2.75) is 27.7 Å². The molecule has 1 amide bonds. The van der Waals surface area contributed by atoms with Crippen LogP contribution in [0.1, 0.15) is 34.6 Å². The second-order valence-corrected chi connectivity index (χ2v) is 6.44. The summed E-state index contributed by atoms with van der Waals surface area (Å²) in [6.07, 6.45) is 0. The van der Waals surface area contributed by atoms with E-state index in [-0.39, 0.29) is 16.7 Å². The number of rotatable bonds is 4. The van der Waals surface area contributed by atoms with E-state index in [0.717, 1.165) is 28.0 Å². The standard InChI is InChI=1S/C16H18N2O3S/c1-8(2)14(19)18-16-17-12(13(22-16)15(20)21)11-6-5-9(3)10(4)7-11/h5-8H,1-4H3,(H,20,21)(H,17,18,19). The molecular weight excluding hydrogens is 300 g/mol. The van der Waals surface area contributed by atoms with Crippen molar-refractivity contribution >= 4 is 28.3 Å². The Labute approximate surface area is 133 Å². The van der Waals surface area contributed by atoms with E-state index in [4.69, 9.17) is 0 Å². The number of anilines is 1. The third-order valence-electron chi connectivity index (χ3n) is 3.36. The first kappa shape index (κ1) is 16.2. The second-order valence-electron chi connectivity index (χ2n) is 5.44. The number of nitrogens with zero attached hydrogens (tertiary/aromatic N) is 1. The summed E-state index contributed by atoms with van der Waals surface area (Å²) in [4.78, 5) is 27.6. The van der Waals surface area contributed by atoms with Gasteiger partial charge in [0.15, 0.2) is 5.13 Å². The Bertz CT molecular complexity index is 735. The minimum absolute atomic E-state index is 0.127. The molecule has 0 saturated carbocycles. The molecule has 0 aliphatic carbocycles. The Kier molecular flexibility index (Phi) is 4.61. The third-order valence-corrected chi connectivity index (χ3v) is 4.32. The van der Waals surface area contributed by atoms with Crippen LogP contribution in [0.25, 0.3) is 11.3 Å². The number of aromatic nitrogens is 1. The lowest BCUT2D eigenvalue weighted by Crippen LogP contribution is -2.17. The number of aryl methyl sites for hydroxylation is 2. The fourth-order valence-electron chi connectivity index (χ4n) is 1.85. The molecule has 2 N–H and O–H groups in total. The van der Waals surface area contributed by atoms with Crippen molar-refractivity contribution in [2.75, 3.05) is 5.32 Å². The van der Waals surface area contributed by atoms with Gasteiger partial charge in [-0.15, -0.1) is 0 Å². The maximum Gasteiger partial charge on any atom is 0.348 e. The van der Waals surface area contributed by atoms with Crippen LogP contribution < -0.4 is 5.32 Å². The maximum absolute atomic E-state index is 11.7. The zero-order chi connectivity index (χ0) is 16.4. The van der Waals surface area contributed by atoms with Crippen molar-refractivity contribution in [3.63, 3.8) is 0 Å². The lowest BCUT2D eigenvalue weighted by Gasteiger charge is -2.04. The van der Waals surface area contributed by atoms with Crippen LogP contribution in [0.2, 0.25) is 0 Å². The summed E-state index contributed by atoms with van der Waals surface area (Å²) < 4.78 is 0. The number of carboxylic acid groups (broad SMARTS) is 1. The second kappa shape index (κ2) is 6.27. The number of thiazole rings is 1. The molecule has 2 rings (SSSR count). The number of aromatic carboxylic acids is 1. The summed E-state index contributed by atoms with van der Waals surface area (Å²) in [5.74, 6) is -1.42. The van der Waals surface area contributed by atoms with Crippen molar-refractivity contribution in [3.8, 4) is 11.3 Å². The van der Waals surface area contributed by atoms with Crippen LogP contribution in [0.5, 0.6) is 0 Å². The minimum Gasteiger partial charge on any atom is -0.477 e. The SMILES string of the molecule is Cc1ccc(-c2nc(NC(=O)C(C)C)sc2C(=O)O)cc1C. The molecule has 0 bridgehead atoms. The molecule has 1 aromatic heterocycles. The fraction of sp³-hybridized carbons (Fsp3) is 0.312. The highest BCUT2D eigenvalue weighted by molar-refractivity contribution is 7.18. The number of amides is 1. The maximum atomic E-state index is 11.7. The Balaban J connectivity index is 2.45. The van der Waals surface area contributed by atoms with E-state index in [1.807, 2.05) is 32.0 Å². The van der Waals surface area contributed by atoms with Gasteiger partial charge in [0.2, 0.25) is 5.91 Å². The smallest absolute Gasteiger partial charge is 0.348 e. The number of carbonyl (C=O) groups excluding carboxylic acids is 1. The van der Waals surface area contributed by atoms with Gasteiger partial charge in [0, 0.05) is 11.5 Å². The first-order valence-corrected chi connectivity index (χ1v) is 7.74. The highest BCUT2D eigenvalue weighted by Gasteiger charge is 2.20. The van der Waals surface area contributed by atoms with Gasteiger partial charge in [0.05, 0.1) is 5.69 Å². The van der Waals surface area contributed by atoms with Crippen LogP contribution in [0.15, 0.2) is 18.2 Å². The van der Waals surface area contributed by atoms with Gasteiger partial charge in [0.1, 0.15) is 4.88 Å². The number of hydrogen-bond acceptors (Lipinski definition) is 4. The monoisotopic (exact) mass is 318 g/mol. The van der Waals surface area contributed by atoms with Gasteiger partial charge in [0.25, 0.3) is 0 Å². The summed E-state index contributed by atoms with van der Waals surface area (Å²) >= 11 is 0.976. The summed E-state index contributed by atoms with van der Waals surface area (Å²) in [6.45, 7) is 7.50. The van der Waals surface area contributed by atoms with Crippen molar-refractivity contribution in [1.82, 2.24) is 4.98 Å². The minimum atomic E-state index is -1.05. The highest BCUT2D eigenvalue weighted by atomic mass is 32.1. The third kappa shape index (κ3) is 3.33. The summed E-state index contributed by atoms with van der Waals surface area (Å²) in [5.41, 5.74) is 3.32. The molecule has 0 unspecified atom stereocenters. The lowest BCUT2D eigenvalue weighted by atomic mass is 10.0. The van der Waals surface area contributed by atoms with E-state index in [1.165, 1.54) is 0 Å². The molecule has 0 saturated heterocycles. The van der Waals surface area contributed by atoms with Gasteiger partial charge in [-0.05, 0) is 31.0 Å². The largest absolute Gasteiger partial charge is 0.477 e. The van der Waals surface area contributed by atoms with Gasteiger partial charge in [-0.25, -0.2) is 9.78 Å². The Morgan fingerprint density at radius 3 is 2.45 bits per heavy atom. The molecule has 5 nitrogen and oxygen atoms in total. The van der Waals surface area contributed by atoms with Gasteiger partial charge >= 0.3 is 5.97 Å². The molecule has 1 aromatic carbocycles. The quantitative estimate of drug-likeness (QED) is 0.900. The molecule has 6 heteroatoms. The Hall–Kier alpha value is -2.21. The van der Waals surface area contributed by atoms with Gasteiger partial charge in [-0.3, -0.25) is 4.79 Å². The van der Waals surface area contributed by atoms with E-state index in [0.29, 0.717) is 10.8 Å². The molecule has 0 atom stereocenters. The van der Waals surface area contributed by atoms with Crippen molar-refractivity contribution < 1.29 is 14.7 Å². The first-order chi connectivity index (χ1) is 10.3. The van der Waals surface area contributed by atoms with Crippen LogP contribution in [0, 0.1) is 19.8 Å². The zero-order valence-corrected chi connectivity index (χ0v) is 13.7. The van der Waals surface area contributed by atoms with Gasteiger partial charge in [-0.2, -0.15) is 0 Å². The fourth-order valence-corrected chi connectivity index (χ4v) is 2.68. The normalized spacial score (nSPS) is 10.8. The highest BCUT2D eigenvalue weighted by Crippen LogP contribution is 2.32. The molecule has 2 aromatic rings. The van der Waals surface area contributed by atoms with Crippen LogP contribution in [-0.4, -0.2) is 22.0 Å². The predicted molar refractivity (Wildman–Crippen MR) is 87.5 cm³/mol. The van der Waals surface area contributed by atoms with Crippen molar-refractivity contribution in [1.29, 1.82) is 0 Å². The molecule has 0 aliphatic rings. The molecule has 0 aliphatic heterocycles. The molecule has 0 radical (unpaired) electrons. The molecule has 0 spiro atoms. The van der Waals surface area contributed by atoms with Crippen molar-refractivity contribution in [2.24, 2.45) is 5.92 Å². The van der Waals surface area contributed by atoms with Crippen molar-refractivity contribution in [3.05, 3.63) is 34.2 Å². The topological polar surface area (TPSA) is 79.3 Å². The Morgan fingerprint density at radius 1 is 1.23 bits per heavy atom. The van der Waals surface area contributed by atoms with E-state index in [1.54, 1.807) is 13.8 Å². The van der Waals surface area contributed by atoms with Crippen LogP contribution in [-0.2, 0) is 4.79 Å². The molecule has 0 fully saturated rings. The van der Waals surface area contributed by atoms with E-state index < -0.39 is 5.97 Å². The van der Waals surface area contributed by atoms with Crippen LogP contribution in [0.3, 0.4) is 0 Å². The first-order valence-electron chi connectivity index (χ1n) is 6.92. The van der Waals surface area contributed by atoms with Gasteiger partial charge in [-0.1, -0.05) is 37.3 Å². The number of carbonyl (C=O) groups is 2. The number of hydrogen-bond donors (Lipinski definition) is 2. The van der Waals surface area contributed by atoms with E-state index in [2.05, 4.69) is 10.3 Å². The number of carboxylic acids is 1.